The third kappa shape index (κ3) is 3.16. The fourth-order valence-corrected chi connectivity index (χ4v) is 1.90. The summed E-state index contributed by atoms with van der Waals surface area (Å²) in [5.74, 6) is -4.62. The SMILES string of the molecule is [N-]=[N+]=N[C@H]1[C@H]([C@H](O)[C@H](O)CO)OC(O)(C(=O)O)C[C@@H]1O. The van der Waals surface area contributed by atoms with Crippen molar-refractivity contribution in [1.82, 2.24) is 0 Å². The lowest BCUT2D eigenvalue weighted by Crippen LogP contribution is -2.62. The molecule has 0 radical (unpaired) electrons. The second-order valence-electron chi connectivity index (χ2n) is 4.38. The highest BCUT2D eigenvalue weighted by Crippen LogP contribution is 2.32. The number of ether oxygens (including phenoxy) is 1. The molecule has 0 saturated carbocycles. The summed E-state index contributed by atoms with van der Waals surface area (Å²) >= 11 is 0. The minimum absolute atomic E-state index is 0.787. The Kier molecular flexibility index (Phi) is 5.25. The fraction of sp³-hybridized carbons (Fsp3) is 0.889. The molecule has 6 atom stereocenters. The van der Waals surface area contributed by atoms with Gasteiger partial charge >= 0.3 is 5.97 Å². The van der Waals surface area contributed by atoms with Gasteiger partial charge in [0.05, 0.1) is 18.8 Å². The number of hydrogen-bond acceptors (Lipinski definition) is 8. The number of nitrogens with zero attached hydrogens (tertiary/aromatic N) is 3. The molecule has 1 rings (SSSR count). The zero-order valence-electron chi connectivity index (χ0n) is 10.1. The van der Waals surface area contributed by atoms with Crippen molar-refractivity contribution in [2.24, 2.45) is 5.11 Å². The first kappa shape index (κ1) is 16.6. The van der Waals surface area contributed by atoms with Gasteiger partial charge in [-0.2, -0.15) is 0 Å². The zero-order chi connectivity index (χ0) is 15.5. The predicted octanol–water partition coefficient (Wildman–Crippen LogP) is -2.70. The summed E-state index contributed by atoms with van der Waals surface area (Å²) in [4.78, 5) is 13.3. The van der Waals surface area contributed by atoms with Crippen LogP contribution < -0.4 is 0 Å². The van der Waals surface area contributed by atoms with E-state index in [9.17, 15) is 25.2 Å². The Bertz CT molecular complexity index is 414. The molecule has 0 aromatic carbocycles. The highest BCUT2D eigenvalue weighted by atomic mass is 16.7. The average molecular weight is 293 g/mol. The minimum Gasteiger partial charge on any atom is -0.477 e. The van der Waals surface area contributed by atoms with Crippen molar-refractivity contribution in [2.45, 2.75) is 42.7 Å². The molecule has 1 aliphatic heterocycles. The molecule has 0 aromatic rings. The van der Waals surface area contributed by atoms with E-state index in [1.54, 1.807) is 0 Å². The fourth-order valence-electron chi connectivity index (χ4n) is 1.90. The lowest BCUT2D eigenvalue weighted by molar-refractivity contribution is -0.292. The van der Waals surface area contributed by atoms with Crippen molar-refractivity contribution >= 4 is 5.97 Å². The van der Waals surface area contributed by atoms with Gasteiger partial charge in [-0.3, -0.25) is 0 Å². The molecular weight excluding hydrogens is 278 g/mol. The standard InChI is InChI=1S/C9H15N3O8/c10-12-11-5-3(14)1-9(19,8(17)18)20-7(5)6(16)4(15)2-13/h3-7,13-16,19H,1-2H2,(H,17,18)/t3-,4+,5+,6+,7+,9?/m0/s1. The van der Waals surface area contributed by atoms with Crippen LogP contribution in [0.15, 0.2) is 5.11 Å². The Labute approximate surface area is 112 Å². The smallest absolute Gasteiger partial charge is 0.364 e. The molecular formula is C9H15N3O8. The lowest BCUT2D eigenvalue weighted by Gasteiger charge is -2.42. The number of carboxylic acids is 1. The van der Waals surface area contributed by atoms with E-state index in [0.29, 0.717) is 0 Å². The van der Waals surface area contributed by atoms with Crippen molar-refractivity contribution in [2.75, 3.05) is 6.61 Å². The van der Waals surface area contributed by atoms with Crippen LogP contribution in [-0.2, 0) is 9.53 Å². The molecule has 20 heavy (non-hydrogen) atoms. The van der Waals surface area contributed by atoms with Crippen LogP contribution >= 0.6 is 0 Å². The maximum Gasteiger partial charge on any atom is 0.364 e. The van der Waals surface area contributed by atoms with Gasteiger partial charge in [-0.25, -0.2) is 4.79 Å². The van der Waals surface area contributed by atoms with Crippen molar-refractivity contribution in [3.8, 4) is 0 Å². The number of carbonyl (C=O) groups is 1. The number of rotatable bonds is 5. The maximum absolute atomic E-state index is 10.9. The van der Waals surface area contributed by atoms with Crippen LogP contribution in [0.5, 0.6) is 0 Å². The quantitative estimate of drug-likeness (QED) is 0.179. The number of azide groups is 1. The number of carboxylic acid groups (broad SMARTS) is 1. The lowest BCUT2D eigenvalue weighted by atomic mass is 9.89. The maximum atomic E-state index is 10.9. The molecule has 1 saturated heterocycles. The van der Waals surface area contributed by atoms with Gasteiger partial charge in [-0.1, -0.05) is 5.11 Å². The summed E-state index contributed by atoms with van der Waals surface area (Å²) < 4.78 is 4.77. The van der Waals surface area contributed by atoms with Crippen LogP contribution in [0.1, 0.15) is 6.42 Å². The highest BCUT2D eigenvalue weighted by molar-refractivity contribution is 5.75. The molecule has 6 N–H and O–H groups in total. The van der Waals surface area contributed by atoms with E-state index in [2.05, 4.69) is 10.0 Å². The molecule has 1 unspecified atom stereocenters. The van der Waals surface area contributed by atoms with E-state index in [-0.39, 0.29) is 0 Å². The largest absolute Gasteiger partial charge is 0.477 e. The number of hydrogen-bond donors (Lipinski definition) is 6. The molecule has 1 fully saturated rings. The third-order valence-electron chi connectivity index (χ3n) is 2.98. The van der Waals surface area contributed by atoms with Gasteiger partial charge in [0, 0.05) is 11.3 Å². The van der Waals surface area contributed by atoms with Crippen LogP contribution in [0.3, 0.4) is 0 Å². The van der Waals surface area contributed by atoms with E-state index in [1.807, 2.05) is 0 Å². The van der Waals surface area contributed by atoms with E-state index in [1.165, 1.54) is 0 Å². The number of aliphatic carboxylic acids is 1. The van der Waals surface area contributed by atoms with Crippen LogP contribution in [0.25, 0.3) is 10.4 Å². The van der Waals surface area contributed by atoms with Crippen molar-refractivity contribution in [3.05, 3.63) is 10.4 Å². The first-order chi connectivity index (χ1) is 9.26. The molecule has 114 valence electrons. The summed E-state index contributed by atoms with van der Waals surface area (Å²) in [5.41, 5.74) is 8.39. The van der Waals surface area contributed by atoms with Crippen molar-refractivity contribution < 1.29 is 40.2 Å². The molecule has 0 aromatic heterocycles. The molecule has 0 amide bonds. The minimum atomic E-state index is -2.80. The van der Waals surface area contributed by atoms with Gasteiger partial charge in [-0.15, -0.1) is 0 Å². The van der Waals surface area contributed by atoms with Crippen LogP contribution in [-0.4, -0.2) is 79.5 Å². The molecule has 11 heteroatoms. The number of aliphatic hydroxyl groups excluding tert-OH is 4. The Hall–Kier alpha value is -1.46. The molecule has 11 nitrogen and oxygen atoms in total. The topological polar surface area (TPSA) is 196 Å². The van der Waals surface area contributed by atoms with E-state index in [4.69, 9.17) is 20.5 Å². The van der Waals surface area contributed by atoms with Crippen molar-refractivity contribution in [3.63, 3.8) is 0 Å². The van der Waals surface area contributed by atoms with Crippen molar-refractivity contribution in [1.29, 1.82) is 0 Å². The van der Waals surface area contributed by atoms with Gasteiger partial charge in [-0.05, 0) is 5.53 Å². The summed E-state index contributed by atoms with van der Waals surface area (Å²) in [6.45, 7) is -0.883. The van der Waals surface area contributed by atoms with E-state index in [0.717, 1.165) is 0 Å². The van der Waals surface area contributed by atoms with Crippen LogP contribution in [0, 0.1) is 0 Å². The average Bonchev–Trinajstić information content (AvgIpc) is 2.39. The van der Waals surface area contributed by atoms with E-state index >= 15 is 0 Å². The second-order valence-corrected chi connectivity index (χ2v) is 4.38. The van der Waals surface area contributed by atoms with Gasteiger partial charge in [0.1, 0.15) is 18.3 Å². The van der Waals surface area contributed by atoms with Gasteiger partial charge in [0.25, 0.3) is 5.79 Å². The Morgan fingerprint density at radius 2 is 2.15 bits per heavy atom. The summed E-state index contributed by atoms with van der Waals surface area (Å²) in [6.07, 6.45) is -7.73. The first-order valence-electron chi connectivity index (χ1n) is 5.59. The van der Waals surface area contributed by atoms with Crippen LogP contribution in [0.4, 0.5) is 0 Å². The molecule has 0 aliphatic carbocycles. The Morgan fingerprint density at radius 1 is 1.55 bits per heavy atom. The highest BCUT2D eigenvalue weighted by Gasteiger charge is 2.53. The third-order valence-corrected chi connectivity index (χ3v) is 2.98. The molecule has 1 heterocycles. The monoisotopic (exact) mass is 293 g/mol. The molecule has 0 spiro atoms. The zero-order valence-corrected chi connectivity index (χ0v) is 10.1. The Balaban J connectivity index is 3.10. The summed E-state index contributed by atoms with van der Waals surface area (Å²) in [6, 6.07) is -1.43. The summed E-state index contributed by atoms with van der Waals surface area (Å²) in [7, 11) is 0. The Morgan fingerprint density at radius 3 is 2.60 bits per heavy atom. The first-order valence-corrected chi connectivity index (χ1v) is 5.59. The van der Waals surface area contributed by atoms with Crippen LogP contribution in [0.2, 0.25) is 0 Å². The van der Waals surface area contributed by atoms with Gasteiger partial charge in [0.15, 0.2) is 0 Å². The molecule has 0 bridgehead atoms. The summed E-state index contributed by atoms with van der Waals surface area (Å²) in [5, 5.41) is 59.3. The number of aliphatic hydroxyl groups is 5. The van der Waals surface area contributed by atoms with Gasteiger partial charge < -0.3 is 35.4 Å². The van der Waals surface area contributed by atoms with E-state index < -0.39 is 55.2 Å². The van der Waals surface area contributed by atoms with Gasteiger partial charge in [0.2, 0.25) is 0 Å². The predicted molar refractivity (Wildman–Crippen MR) is 60.1 cm³/mol. The normalized spacial score (nSPS) is 36.8. The second kappa shape index (κ2) is 6.33. The molecule has 1 aliphatic rings.